The highest BCUT2D eigenvalue weighted by molar-refractivity contribution is 5.77. The Bertz CT molecular complexity index is 860. The first-order valence-electron chi connectivity index (χ1n) is 8.94. The summed E-state index contributed by atoms with van der Waals surface area (Å²) in [7, 11) is 1.61. The number of aromatic nitrogens is 2. The number of hydrogen-bond donors (Lipinski definition) is 1. The summed E-state index contributed by atoms with van der Waals surface area (Å²) in [4.78, 5) is 16.4. The SMILES string of the molecule is COc1ccc(-c2noc(CC(=O)NCCC(C)c3ccccc3)n2)cc1. The van der Waals surface area contributed by atoms with Crippen LogP contribution >= 0.6 is 0 Å². The van der Waals surface area contributed by atoms with Crippen LogP contribution in [0.4, 0.5) is 0 Å². The van der Waals surface area contributed by atoms with Gasteiger partial charge in [0.15, 0.2) is 0 Å². The van der Waals surface area contributed by atoms with Gasteiger partial charge in [0.2, 0.25) is 17.6 Å². The van der Waals surface area contributed by atoms with E-state index in [1.165, 1.54) is 5.56 Å². The van der Waals surface area contributed by atoms with Gasteiger partial charge in [0.05, 0.1) is 7.11 Å². The zero-order valence-electron chi connectivity index (χ0n) is 15.5. The van der Waals surface area contributed by atoms with Gasteiger partial charge in [-0.3, -0.25) is 4.79 Å². The van der Waals surface area contributed by atoms with Crippen molar-refractivity contribution in [2.24, 2.45) is 0 Å². The lowest BCUT2D eigenvalue weighted by molar-refractivity contribution is -0.120. The van der Waals surface area contributed by atoms with Crippen LogP contribution in [-0.4, -0.2) is 29.7 Å². The third-order valence-electron chi connectivity index (χ3n) is 4.40. The number of benzene rings is 2. The molecule has 0 saturated heterocycles. The summed E-state index contributed by atoms with van der Waals surface area (Å²) in [5.74, 6) is 1.77. The van der Waals surface area contributed by atoms with Crippen LogP contribution in [0.3, 0.4) is 0 Å². The van der Waals surface area contributed by atoms with Crippen LogP contribution in [0.1, 0.15) is 30.7 Å². The second kappa shape index (κ2) is 8.98. The smallest absolute Gasteiger partial charge is 0.236 e. The quantitative estimate of drug-likeness (QED) is 0.660. The van der Waals surface area contributed by atoms with E-state index in [0.717, 1.165) is 17.7 Å². The van der Waals surface area contributed by atoms with Gasteiger partial charge in [0.25, 0.3) is 0 Å². The van der Waals surface area contributed by atoms with Gasteiger partial charge in [-0.25, -0.2) is 0 Å². The largest absolute Gasteiger partial charge is 0.497 e. The van der Waals surface area contributed by atoms with Crippen molar-refractivity contribution < 1.29 is 14.1 Å². The predicted octanol–water partition coefficient (Wildman–Crippen LogP) is 3.60. The summed E-state index contributed by atoms with van der Waals surface area (Å²) in [5, 5.41) is 6.85. The summed E-state index contributed by atoms with van der Waals surface area (Å²) < 4.78 is 10.3. The fourth-order valence-electron chi connectivity index (χ4n) is 2.76. The third kappa shape index (κ3) is 5.17. The highest BCUT2D eigenvalue weighted by Gasteiger charge is 2.13. The van der Waals surface area contributed by atoms with E-state index in [4.69, 9.17) is 9.26 Å². The van der Waals surface area contributed by atoms with E-state index < -0.39 is 0 Å². The molecule has 0 aliphatic carbocycles. The normalized spacial score (nSPS) is 11.8. The van der Waals surface area contributed by atoms with Crippen molar-refractivity contribution in [2.75, 3.05) is 13.7 Å². The standard InChI is InChI=1S/C21H23N3O3/c1-15(16-6-4-3-5-7-16)12-13-22-19(25)14-20-23-21(24-27-20)17-8-10-18(26-2)11-9-17/h3-11,15H,12-14H2,1-2H3,(H,22,25). The Labute approximate surface area is 158 Å². The Morgan fingerprint density at radius 1 is 1.15 bits per heavy atom. The molecule has 0 bridgehead atoms. The molecule has 1 atom stereocenters. The predicted molar refractivity (Wildman–Crippen MR) is 102 cm³/mol. The number of ether oxygens (including phenoxy) is 1. The molecular weight excluding hydrogens is 342 g/mol. The number of rotatable bonds is 8. The zero-order chi connectivity index (χ0) is 19.1. The van der Waals surface area contributed by atoms with Crippen LogP contribution in [0.5, 0.6) is 5.75 Å². The number of methoxy groups -OCH3 is 1. The van der Waals surface area contributed by atoms with Crippen molar-refractivity contribution in [1.82, 2.24) is 15.5 Å². The molecule has 0 fully saturated rings. The van der Waals surface area contributed by atoms with Crippen molar-refractivity contribution in [1.29, 1.82) is 0 Å². The van der Waals surface area contributed by atoms with Gasteiger partial charge in [-0.15, -0.1) is 0 Å². The number of carbonyl (C=O) groups excluding carboxylic acids is 1. The Hall–Kier alpha value is -3.15. The third-order valence-corrected chi connectivity index (χ3v) is 4.40. The molecule has 1 unspecified atom stereocenters. The minimum absolute atomic E-state index is 0.0723. The Balaban J connectivity index is 1.47. The van der Waals surface area contributed by atoms with Crippen LogP contribution in [0, 0.1) is 0 Å². The first-order chi connectivity index (χ1) is 13.2. The van der Waals surface area contributed by atoms with Crippen LogP contribution in [0.25, 0.3) is 11.4 Å². The van der Waals surface area contributed by atoms with Crippen molar-refractivity contribution in [3.63, 3.8) is 0 Å². The van der Waals surface area contributed by atoms with E-state index in [1.54, 1.807) is 7.11 Å². The summed E-state index contributed by atoms with van der Waals surface area (Å²) in [6.45, 7) is 2.76. The molecule has 0 spiro atoms. The summed E-state index contributed by atoms with van der Waals surface area (Å²) in [6.07, 6.45) is 0.944. The lowest BCUT2D eigenvalue weighted by atomic mass is 9.98. The molecule has 1 aromatic heterocycles. The van der Waals surface area contributed by atoms with Gasteiger partial charge >= 0.3 is 0 Å². The van der Waals surface area contributed by atoms with Gasteiger partial charge in [0, 0.05) is 12.1 Å². The molecule has 0 aliphatic heterocycles. The number of amides is 1. The summed E-state index contributed by atoms with van der Waals surface area (Å²) in [6, 6.07) is 17.6. The number of nitrogens with one attached hydrogen (secondary N) is 1. The maximum Gasteiger partial charge on any atom is 0.236 e. The van der Waals surface area contributed by atoms with Crippen molar-refractivity contribution in [3.8, 4) is 17.1 Å². The first-order valence-corrected chi connectivity index (χ1v) is 8.94. The average molecular weight is 365 g/mol. The zero-order valence-corrected chi connectivity index (χ0v) is 15.5. The molecule has 0 aliphatic rings. The molecule has 3 rings (SSSR count). The Morgan fingerprint density at radius 2 is 1.89 bits per heavy atom. The van der Waals surface area contributed by atoms with Gasteiger partial charge in [-0.05, 0) is 42.2 Å². The second-order valence-electron chi connectivity index (χ2n) is 6.37. The first kappa shape index (κ1) is 18.6. The molecular formula is C21H23N3O3. The molecule has 6 heteroatoms. The molecule has 0 saturated carbocycles. The van der Waals surface area contributed by atoms with Crippen LogP contribution in [0.15, 0.2) is 59.1 Å². The van der Waals surface area contributed by atoms with Gasteiger partial charge in [-0.1, -0.05) is 42.4 Å². The van der Waals surface area contributed by atoms with Gasteiger partial charge in [-0.2, -0.15) is 4.98 Å². The molecule has 1 heterocycles. The van der Waals surface area contributed by atoms with Gasteiger partial charge < -0.3 is 14.6 Å². The van der Waals surface area contributed by atoms with Crippen LogP contribution in [0.2, 0.25) is 0 Å². The van der Waals surface area contributed by atoms with E-state index in [9.17, 15) is 4.79 Å². The number of nitrogens with zero attached hydrogens (tertiary/aromatic N) is 2. The monoisotopic (exact) mass is 365 g/mol. The highest BCUT2D eigenvalue weighted by atomic mass is 16.5. The minimum atomic E-state index is -0.125. The molecule has 6 nitrogen and oxygen atoms in total. The molecule has 1 amide bonds. The molecule has 27 heavy (non-hydrogen) atoms. The molecule has 1 N–H and O–H groups in total. The summed E-state index contributed by atoms with van der Waals surface area (Å²) in [5.41, 5.74) is 2.08. The summed E-state index contributed by atoms with van der Waals surface area (Å²) >= 11 is 0. The maximum absolute atomic E-state index is 12.1. The van der Waals surface area contributed by atoms with Gasteiger partial charge in [0.1, 0.15) is 12.2 Å². The maximum atomic E-state index is 12.1. The molecule has 0 radical (unpaired) electrons. The van der Waals surface area contributed by atoms with Crippen molar-refractivity contribution in [2.45, 2.75) is 25.7 Å². The number of hydrogen-bond acceptors (Lipinski definition) is 5. The van der Waals surface area contributed by atoms with Crippen LogP contribution in [-0.2, 0) is 11.2 Å². The minimum Gasteiger partial charge on any atom is -0.497 e. The fourth-order valence-corrected chi connectivity index (χ4v) is 2.76. The Morgan fingerprint density at radius 3 is 2.59 bits per heavy atom. The van der Waals surface area contributed by atoms with Crippen molar-refractivity contribution >= 4 is 5.91 Å². The lowest BCUT2D eigenvalue weighted by Crippen LogP contribution is -2.27. The van der Waals surface area contributed by atoms with Crippen molar-refractivity contribution in [3.05, 3.63) is 66.1 Å². The van der Waals surface area contributed by atoms with E-state index in [-0.39, 0.29) is 12.3 Å². The van der Waals surface area contributed by atoms with Crippen LogP contribution < -0.4 is 10.1 Å². The lowest BCUT2D eigenvalue weighted by Gasteiger charge is -2.12. The molecule has 3 aromatic rings. The second-order valence-corrected chi connectivity index (χ2v) is 6.37. The topological polar surface area (TPSA) is 77.2 Å². The molecule has 2 aromatic carbocycles. The fraction of sp³-hybridized carbons (Fsp3) is 0.286. The number of carbonyl (C=O) groups is 1. The van der Waals surface area contributed by atoms with E-state index in [0.29, 0.717) is 24.2 Å². The average Bonchev–Trinajstić information content (AvgIpc) is 3.17. The van der Waals surface area contributed by atoms with E-state index >= 15 is 0 Å². The van der Waals surface area contributed by atoms with E-state index in [2.05, 4.69) is 34.5 Å². The Kier molecular flexibility index (Phi) is 6.20. The highest BCUT2D eigenvalue weighted by Crippen LogP contribution is 2.20. The van der Waals surface area contributed by atoms with E-state index in [1.807, 2.05) is 42.5 Å². The molecule has 140 valence electrons.